The molecule has 0 heterocycles. The molecule has 0 spiro atoms. The van der Waals surface area contributed by atoms with Gasteiger partial charge in [-0.25, -0.2) is 8.42 Å². The van der Waals surface area contributed by atoms with Crippen molar-refractivity contribution in [2.45, 2.75) is 58.0 Å². The molecule has 3 aromatic rings. The van der Waals surface area contributed by atoms with Crippen LogP contribution in [0.25, 0.3) is 0 Å². The largest absolute Gasteiger partial charge is 0.354 e. The van der Waals surface area contributed by atoms with Crippen molar-refractivity contribution in [2.24, 2.45) is 0 Å². The van der Waals surface area contributed by atoms with Crippen molar-refractivity contribution in [3.63, 3.8) is 0 Å². The molecule has 0 unspecified atom stereocenters. The van der Waals surface area contributed by atoms with Gasteiger partial charge in [0.25, 0.3) is 10.0 Å². The van der Waals surface area contributed by atoms with Crippen LogP contribution < -0.4 is 9.62 Å². The average molecular weight is 615 g/mol. The van der Waals surface area contributed by atoms with Crippen LogP contribution in [0, 0.1) is 6.92 Å². The normalized spacial score (nSPS) is 12.0. The SMILES string of the molecule is CCCNC(=O)[C@@H](C)N(Cc1ccc(Br)cc1)C(=O)CN(c1ccccc1CC)S(=O)(=O)c1ccc(C)cc1. The number of hydrogen-bond donors (Lipinski definition) is 1. The molecule has 9 heteroatoms. The molecule has 0 bridgehead atoms. The summed E-state index contributed by atoms with van der Waals surface area (Å²) < 4.78 is 30.0. The van der Waals surface area contributed by atoms with Gasteiger partial charge < -0.3 is 10.2 Å². The molecule has 7 nitrogen and oxygen atoms in total. The van der Waals surface area contributed by atoms with Crippen LogP contribution in [0.4, 0.5) is 5.69 Å². The van der Waals surface area contributed by atoms with Gasteiger partial charge in [-0.05, 0) is 68.1 Å². The van der Waals surface area contributed by atoms with Crippen LogP contribution in [0.1, 0.15) is 43.9 Å². The second kappa shape index (κ2) is 13.8. The molecule has 2 amide bonds. The molecule has 39 heavy (non-hydrogen) atoms. The van der Waals surface area contributed by atoms with Crippen LogP contribution in [-0.2, 0) is 32.6 Å². The molecule has 0 saturated carbocycles. The van der Waals surface area contributed by atoms with Gasteiger partial charge in [-0.1, -0.05) is 77.8 Å². The van der Waals surface area contributed by atoms with Crippen molar-refractivity contribution in [2.75, 3.05) is 17.4 Å². The van der Waals surface area contributed by atoms with Crippen molar-refractivity contribution in [1.82, 2.24) is 10.2 Å². The maximum atomic E-state index is 14.0. The summed E-state index contributed by atoms with van der Waals surface area (Å²) in [6.45, 7) is 7.64. The fraction of sp³-hybridized carbons (Fsp3) is 0.333. The predicted molar refractivity (Wildman–Crippen MR) is 159 cm³/mol. The summed E-state index contributed by atoms with van der Waals surface area (Å²) >= 11 is 3.42. The molecule has 208 valence electrons. The minimum absolute atomic E-state index is 0.0972. The molecule has 1 atom stereocenters. The Bertz CT molecular complexity index is 1380. The molecule has 1 N–H and O–H groups in total. The number of hydrogen-bond acceptors (Lipinski definition) is 4. The summed E-state index contributed by atoms with van der Waals surface area (Å²) in [4.78, 5) is 28.5. The van der Waals surface area contributed by atoms with E-state index in [0.29, 0.717) is 18.7 Å². The van der Waals surface area contributed by atoms with E-state index in [2.05, 4.69) is 21.2 Å². The van der Waals surface area contributed by atoms with Gasteiger partial charge in [-0.2, -0.15) is 0 Å². The van der Waals surface area contributed by atoms with Crippen LogP contribution in [0.2, 0.25) is 0 Å². The minimum Gasteiger partial charge on any atom is -0.354 e. The number of amides is 2. The molecular weight excluding hydrogens is 578 g/mol. The Labute approximate surface area is 240 Å². The molecule has 0 saturated heterocycles. The predicted octanol–water partition coefficient (Wildman–Crippen LogP) is 5.46. The second-order valence-corrected chi connectivity index (χ2v) is 12.2. The van der Waals surface area contributed by atoms with Gasteiger partial charge in [0.2, 0.25) is 11.8 Å². The van der Waals surface area contributed by atoms with Crippen molar-refractivity contribution in [3.8, 4) is 0 Å². The Hall–Kier alpha value is -3.17. The van der Waals surface area contributed by atoms with Crippen LogP contribution in [-0.4, -0.2) is 44.3 Å². The van der Waals surface area contributed by atoms with Crippen LogP contribution in [0.15, 0.2) is 82.2 Å². The fourth-order valence-corrected chi connectivity index (χ4v) is 5.89. The lowest BCUT2D eigenvalue weighted by molar-refractivity contribution is -0.139. The first-order valence-corrected chi connectivity index (χ1v) is 15.3. The number of rotatable bonds is 12. The van der Waals surface area contributed by atoms with E-state index in [9.17, 15) is 18.0 Å². The summed E-state index contributed by atoms with van der Waals surface area (Å²) in [5.74, 6) is -0.761. The van der Waals surface area contributed by atoms with Crippen molar-refractivity contribution >= 4 is 43.5 Å². The van der Waals surface area contributed by atoms with Crippen molar-refractivity contribution < 1.29 is 18.0 Å². The highest BCUT2D eigenvalue weighted by atomic mass is 79.9. The van der Waals surface area contributed by atoms with E-state index in [1.54, 1.807) is 43.3 Å². The van der Waals surface area contributed by atoms with Gasteiger partial charge in [-0.15, -0.1) is 0 Å². The third-order valence-corrected chi connectivity index (χ3v) is 8.81. The molecule has 3 aromatic carbocycles. The van der Waals surface area contributed by atoms with Crippen molar-refractivity contribution in [1.29, 1.82) is 0 Å². The van der Waals surface area contributed by atoms with E-state index in [4.69, 9.17) is 0 Å². The number of anilines is 1. The number of carbonyl (C=O) groups excluding carboxylic acids is 2. The highest BCUT2D eigenvalue weighted by molar-refractivity contribution is 9.10. The lowest BCUT2D eigenvalue weighted by Gasteiger charge is -2.32. The summed E-state index contributed by atoms with van der Waals surface area (Å²) in [5.41, 5.74) is 3.00. The topological polar surface area (TPSA) is 86.8 Å². The highest BCUT2D eigenvalue weighted by Gasteiger charge is 2.33. The summed E-state index contributed by atoms with van der Waals surface area (Å²) in [6, 6.07) is 20.4. The average Bonchev–Trinajstić information content (AvgIpc) is 2.93. The quantitative estimate of drug-likeness (QED) is 0.294. The number of nitrogens with one attached hydrogen (secondary N) is 1. The lowest BCUT2D eigenvalue weighted by atomic mass is 10.1. The number of carbonyl (C=O) groups is 2. The number of sulfonamides is 1. The van der Waals surface area contributed by atoms with Crippen molar-refractivity contribution in [3.05, 3.63) is 94.0 Å². The molecule has 3 rings (SSSR count). The summed E-state index contributed by atoms with van der Waals surface area (Å²) in [5, 5.41) is 2.85. The first-order valence-electron chi connectivity index (χ1n) is 13.1. The zero-order valence-corrected chi connectivity index (χ0v) is 25.3. The Balaban J connectivity index is 2.05. The first kappa shape index (κ1) is 30.4. The van der Waals surface area contributed by atoms with E-state index >= 15 is 0 Å². The molecule has 0 radical (unpaired) electrons. The number of para-hydroxylation sites is 1. The van der Waals surface area contributed by atoms with Gasteiger partial charge in [0.15, 0.2) is 0 Å². The number of halogens is 1. The molecule has 0 aliphatic carbocycles. The molecule has 0 aliphatic heterocycles. The van der Waals surface area contributed by atoms with Crippen LogP contribution in [0.5, 0.6) is 0 Å². The summed E-state index contributed by atoms with van der Waals surface area (Å²) in [6.07, 6.45) is 1.35. The zero-order chi connectivity index (χ0) is 28.6. The molecule has 0 aliphatic rings. The monoisotopic (exact) mass is 613 g/mol. The highest BCUT2D eigenvalue weighted by Crippen LogP contribution is 2.28. The fourth-order valence-electron chi connectivity index (χ4n) is 4.17. The first-order chi connectivity index (χ1) is 18.6. The number of nitrogens with zero attached hydrogens (tertiary/aromatic N) is 2. The minimum atomic E-state index is -4.09. The van der Waals surface area contributed by atoms with Gasteiger partial charge in [0.05, 0.1) is 10.6 Å². The maximum Gasteiger partial charge on any atom is 0.264 e. The smallest absolute Gasteiger partial charge is 0.264 e. The maximum absolute atomic E-state index is 14.0. The molecule has 0 aromatic heterocycles. The Morgan fingerprint density at radius 2 is 1.59 bits per heavy atom. The Morgan fingerprint density at radius 3 is 2.21 bits per heavy atom. The number of aryl methyl sites for hydroxylation is 2. The lowest BCUT2D eigenvalue weighted by Crippen LogP contribution is -2.51. The van der Waals surface area contributed by atoms with E-state index in [1.165, 1.54) is 9.21 Å². The van der Waals surface area contributed by atoms with Gasteiger partial charge in [0, 0.05) is 17.6 Å². The number of benzene rings is 3. The zero-order valence-electron chi connectivity index (χ0n) is 22.9. The summed E-state index contributed by atoms with van der Waals surface area (Å²) in [7, 11) is -4.09. The third-order valence-electron chi connectivity index (χ3n) is 6.51. The van der Waals surface area contributed by atoms with Crippen LogP contribution in [0.3, 0.4) is 0 Å². The standard InChI is InChI=1S/C30H36BrN3O4S/c1-5-19-32-30(36)23(4)33(20-24-13-15-26(31)16-14-24)29(35)21-34(28-10-8-7-9-25(28)6-2)39(37,38)27-17-11-22(3)12-18-27/h7-18,23H,5-6,19-21H2,1-4H3,(H,32,36)/t23-/m1/s1. The van der Waals surface area contributed by atoms with Gasteiger partial charge in [-0.3, -0.25) is 13.9 Å². The van der Waals surface area contributed by atoms with E-state index in [1.807, 2.05) is 57.2 Å². The molecular formula is C30H36BrN3O4S. The van der Waals surface area contributed by atoms with E-state index in [-0.39, 0.29) is 17.3 Å². The van der Waals surface area contributed by atoms with E-state index < -0.39 is 28.5 Å². The third kappa shape index (κ3) is 7.70. The van der Waals surface area contributed by atoms with Crippen LogP contribution >= 0.6 is 15.9 Å². The van der Waals surface area contributed by atoms with Gasteiger partial charge >= 0.3 is 0 Å². The van der Waals surface area contributed by atoms with Gasteiger partial charge in [0.1, 0.15) is 12.6 Å². The second-order valence-electron chi connectivity index (χ2n) is 9.42. The Kier molecular flexibility index (Phi) is 10.7. The Morgan fingerprint density at radius 1 is 0.949 bits per heavy atom. The van der Waals surface area contributed by atoms with E-state index in [0.717, 1.165) is 27.6 Å². The molecule has 0 fully saturated rings.